The number of aromatic nitrogens is 2. The van der Waals surface area contributed by atoms with Crippen LogP contribution in [-0.4, -0.2) is 21.9 Å². The first-order chi connectivity index (χ1) is 13.0. The SMILES string of the molecule is Cc1cc(C)nc(Nc2cccc(C(=O)N3c4ccccc4C[C@@H]3C)c2)n1. The van der Waals surface area contributed by atoms with Gasteiger partial charge in [-0.3, -0.25) is 4.79 Å². The standard InChI is InChI=1S/C22H22N4O/c1-14-11-15(2)24-22(23-14)25-19-9-6-8-18(13-19)21(27)26-16(3)12-17-7-4-5-10-20(17)26/h4-11,13,16H,12H2,1-3H3,(H,23,24,25)/t16-/m0/s1. The van der Waals surface area contributed by atoms with Crippen molar-refractivity contribution in [2.75, 3.05) is 10.2 Å². The summed E-state index contributed by atoms with van der Waals surface area (Å²) in [6, 6.07) is 17.7. The van der Waals surface area contributed by atoms with E-state index >= 15 is 0 Å². The van der Waals surface area contributed by atoms with Gasteiger partial charge in [0.25, 0.3) is 5.91 Å². The number of hydrogen-bond acceptors (Lipinski definition) is 4. The first kappa shape index (κ1) is 17.2. The van der Waals surface area contributed by atoms with Crippen molar-refractivity contribution in [3.63, 3.8) is 0 Å². The number of rotatable bonds is 3. The molecular formula is C22H22N4O. The number of nitrogens with zero attached hydrogens (tertiary/aromatic N) is 3. The maximum atomic E-state index is 13.2. The summed E-state index contributed by atoms with van der Waals surface area (Å²) in [5, 5.41) is 3.21. The summed E-state index contributed by atoms with van der Waals surface area (Å²) in [5.41, 5.74) is 5.47. The fraction of sp³-hybridized carbons (Fsp3) is 0.227. The predicted molar refractivity (Wildman–Crippen MR) is 108 cm³/mol. The number of benzene rings is 2. The van der Waals surface area contributed by atoms with Crippen molar-refractivity contribution in [1.82, 2.24) is 9.97 Å². The van der Waals surface area contributed by atoms with Gasteiger partial charge in [-0.25, -0.2) is 9.97 Å². The van der Waals surface area contributed by atoms with Crippen LogP contribution >= 0.6 is 0 Å². The van der Waals surface area contributed by atoms with E-state index in [4.69, 9.17) is 0 Å². The molecule has 2 aromatic carbocycles. The zero-order valence-electron chi connectivity index (χ0n) is 15.7. The van der Waals surface area contributed by atoms with Gasteiger partial charge in [0.15, 0.2) is 0 Å². The lowest BCUT2D eigenvalue weighted by molar-refractivity contribution is 0.0981. The zero-order chi connectivity index (χ0) is 19.0. The molecule has 1 atom stereocenters. The summed E-state index contributed by atoms with van der Waals surface area (Å²) in [6.07, 6.45) is 0.885. The Morgan fingerprint density at radius 3 is 2.56 bits per heavy atom. The van der Waals surface area contributed by atoms with Gasteiger partial charge in [0.05, 0.1) is 0 Å². The van der Waals surface area contributed by atoms with Crippen molar-refractivity contribution in [3.8, 4) is 0 Å². The molecule has 4 rings (SSSR count). The number of carbonyl (C=O) groups is 1. The maximum Gasteiger partial charge on any atom is 0.258 e. The largest absolute Gasteiger partial charge is 0.324 e. The molecule has 1 N–H and O–H groups in total. The van der Waals surface area contributed by atoms with Crippen molar-refractivity contribution >= 4 is 23.2 Å². The van der Waals surface area contributed by atoms with Gasteiger partial charge in [-0.1, -0.05) is 24.3 Å². The van der Waals surface area contributed by atoms with Gasteiger partial charge in [0, 0.05) is 34.4 Å². The predicted octanol–water partition coefficient (Wildman–Crippen LogP) is 4.43. The Hall–Kier alpha value is -3.21. The van der Waals surface area contributed by atoms with E-state index in [0.717, 1.165) is 29.2 Å². The average molecular weight is 358 g/mol. The van der Waals surface area contributed by atoms with Crippen LogP contribution < -0.4 is 10.2 Å². The second kappa shape index (κ2) is 6.83. The third kappa shape index (κ3) is 3.40. The first-order valence-corrected chi connectivity index (χ1v) is 9.12. The van der Waals surface area contributed by atoms with Gasteiger partial charge in [0.1, 0.15) is 0 Å². The molecule has 5 heteroatoms. The van der Waals surface area contributed by atoms with E-state index < -0.39 is 0 Å². The van der Waals surface area contributed by atoms with Gasteiger partial charge >= 0.3 is 0 Å². The number of carbonyl (C=O) groups excluding carboxylic acids is 1. The van der Waals surface area contributed by atoms with Crippen molar-refractivity contribution in [1.29, 1.82) is 0 Å². The molecule has 3 aromatic rings. The maximum absolute atomic E-state index is 13.2. The quantitative estimate of drug-likeness (QED) is 0.752. The summed E-state index contributed by atoms with van der Waals surface area (Å²) >= 11 is 0. The zero-order valence-corrected chi connectivity index (χ0v) is 15.7. The van der Waals surface area contributed by atoms with Gasteiger partial charge < -0.3 is 10.2 Å². The third-order valence-electron chi connectivity index (χ3n) is 4.77. The number of aryl methyl sites for hydroxylation is 2. The molecule has 0 spiro atoms. The van der Waals surface area contributed by atoms with E-state index in [1.165, 1.54) is 5.56 Å². The topological polar surface area (TPSA) is 58.1 Å². The Balaban J connectivity index is 1.62. The minimum atomic E-state index is 0.0115. The van der Waals surface area contributed by atoms with Crippen LogP contribution in [0.15, 0.2) is 54.6 Å². The second-order valence-electron chi connectivity index (χ2n) is 7.04. The fourth-order valence-electron chi connectivity index (χ4n) is 3.66. The Morgan fingerprint density at radius 2 is 1.78 bits per heavy atom. The van der Waals surface area contributed by atoms with Crippen molar-refractivity contribution in [2.45, 2.75) is 33.2 Å². The van der Waals surface area contributed by atoms with Crippen LogP contribution in [0.4, 0.5) is 17.3 Å². The number of hydrogen-bond donors (Lipinski definition) is 1. The second-order valence-corrected chi connectivity index (χ2v) is 7.04. The van der Waals surface area contributed by atoms with Crippen LogP contribution in [0.1, 0.15) is 34.2 Å². The summed E-state index contributed by atoms with van der Waals surface area (Å²) < 4.78 is 0. The number of para-hydroxylation sites is 1. The van der Waals surface area contributed by atoms with Crippen molar-refractivity contribution < 1.29 is 4.79 Å². The van der Waals surface area contributed by atoms with E-state index in [2.05, 4.69) is 28.3 Å². The number of nitrogens with one attached hydrogen (secondary N) is 1. The minimum absolute atomic E-state index is 0.0115. The van der Waals surface area contributed by atoms with Crippen molar-refractivity contribution in [3.05, 3.63) is 77.1 Å². The molecule has 0 saturated heterocycles. The molecule has 0 aliphatic carbocycles. The van der Waals surface area contributed by atoms with Crippen LogP contribution in [0.3, 0.4) is 0 Å². The highest BCUT2D eigenvalue weighted by Gasteiger charge is 2.31. The summed E-state index contributed by atoms with van der Waals surface area (Å²) in [5.74, 6) is 0.550. The highest BCUT2D eigenvalue weighted by molar-refractivity contribution is 6.08. The minimum Gasteiger partial charge on any atom is -0.324 e. The molecule has 1 aliphatic rings. The lowest BCUT2D eigenvalue weighted by Gasteiger charge is -2.23. The number of fused-ring (bicyclic) bond motifs is 1. The molecule has 5 nitrogen and oxygen atoms in total. The van der Waals surface area contributed by atoms with Crippen LogP contribution in [0, 0.1) is 13.8 Å². The third-order valence-corrected chi connectivity index (χ3v) is 4.77. The Kier molecular flexibility index (Phi) is 4.36. The highest BCUT2D eigenvalue weighted by Crippen LogP contribution is 2.33. The molecular weight excluding hydrogens is 336 g/mol. The molecule has 0 radical (unpaired) electrons. The number of amides is 1. The Bertz CT molecular complexity index is 994. The lowest BCUT2D eigenvalue weighted by Crippen LogP contribution is -2.35. The normalized spacial score (nSPS) is 15.5. The van der Waals surface area contributed by atoms with Gasteiger partial charge in [-0.05, 0) is 63.1 Å². The molecule has 0 saturated carbocycles. The summed E-state index contributed by atoms with van der Waals surface area (Å²) in [4.78, 5) is 23.9. The van der Waals surface area contributed by atoms with E-state index in [1.807, 2.05) is 67.3 Å². The number of anilines is 3. The molecule has 0 unspecified atom stereocenters. The first-order valence-electron chi connectivity index (χ1n) is 9.12. The summed E-state index contributed by atoms with van der Waals surface area (Å²) in [6.45, 7) is 5.96. The van der Waals surface area contributed by atoms with E-state index in [-0.39, 0.29) is 11.9 Å². The summed E-state index contributed by atoms with van der Waals surface area (Å²) in [7, 11) is 0. The van der Waals surface area contributed by atoms with Gasteiger partial charge in [0.2, 0.25) is 5.95 Å². The molecule has 1 aliphatic heterocycles. The van der Waals surface area contributed by atoms with Crippen LogP contribution in [0.25, 0.3) is 0 Å². The molecule has 0 bridgehead atoms. The molecule has 27 heavy (non-hydrogen) atoms. The average Bonchev–Trinajstić information content (AvgIpc) is 2.96. The molecule has 1 aromatic heterocycles. The van der Waals surface area contributed by atoms with Gasteiger partial charge in [-0.15, -0.1) is 0 Å². The molecule has 0 fully saturated rings. The lowest BCUT2D eigenvalue weighted by atomic mass is 10.1. The van der Waals surface area contributed by atoms with Crippen molar-refractivity contribution in [2.24, 2.45) is 0 Å². The fourth-order valence-corrected chi connectivity index (χ4v) is 3.66. The molecule has 2 heterocycles. The highest BCUT2D eigenvalue weighted by atomic mass is 16.2. The van der Waals surface area contributed by atoms with Crippen LogP contribution in [0.2, 0.25) is 0 Å². The van der Waals surface area contributed by atoms with Crippen LogP contribution in [-0.2, 0) is 6.42 Å². The van der Waals surface area contributed by atoms with Crippen LogP contribution in [0.5, 0.6) is 0 Å². The van der Waals surface area contributed by atoms with E-state index in [9.17, 15) is 4.79 Å². The Labute approximate surface area is 159 Å². The molecule has 1 amide bonds. The smallest absolute Gasteiger partial charge is 0.258 e. The van der Waals surface area contributed by atoms with E-state index in [0.29, 0.717) is 11.5 Å². The van der Waals surface area contributed by atoms with Gasteiger partial charge in [-0.2, -0.15) is 0 Å². The van der Waals surface area contributed by atoms with E-state index in [1.54, 1.807) is 0 Å². The monoisotopic (exact) mass is 358 g/mol. The molecule has 136 valence electrons. The Morgan fingerprint density at radius 1 is 1.04 bits per heavy atom.